The molecule has 0 spiro atoms. The van der Waals surface area contributed by atoms with Crippen molar-refractivity contribution < 1.29 is 30.6 Å². The normalized spacial score (nSPS) is 10.4. The second-order valence-electron chi connectivity index (χ2n) is 7.21. The topological polar surface area (TPSA) is 21.3 Å². The van der Waals surface area contributed by atoms with Gasteiger partial charge in [0.2, 0.25) is 0 Å². The summed E-state index contributed by atoms with van der Waals surface area (Å²) in [6, 6.07) is 7.83. The molecule has 1 rings (SSSR count). The van der Waals surface area contributed by atoms with Crippen molar-refractivity contribution in [3.05, 3.63) is 36.8 Å². The van der Waals surface area contributed by atoms with Gasteiger partial charge >= 0.3 is 0 Å². The Balaban J connectivity index is 0. The van der Waals surface area contributed by atoms with Crippen LogP contribution >= 0.6 is 0 Å². The maximum absolute atomic E-state index is 5.62. The molecular weight excluding hydrogens is 363 g/mol. The average Bonchev–Trinajstić information content (AvgIpc) is 2.65. The van der Waals surface area contributed by atoms with Crippen LogP contribution in [0.4, 0.5) is 0 Å². The van der Waals surface area contributed by atoms with Crippen LogP contribution in [-0.2, 0) is 38.7 Å². The summed E-state index contributed by atoms with van der Waals surface area (Å²) in [6.45, 7) is 9.06. The molecule has 2 nitrogen and oxygen atoms in total. The van der Waals surface area contributed by atoms with Gasteiger partial charge in [0.1, 0.15) is 0 Å². The molecule has 1 aromatic rings. The van der Waals surface area contributed by atoms with E-state index in [1.54, 1.807) is 7.11 Å². The van der Waals surface area contributed by atoms with Crippen LogP contribution in [0.15, 0.2) is 12.1 Å². The van der Waals surface area contributed by atoms with E-state index in [0.717, 1.165) is 44.0 Å². The number of hydrogen-bond donors (Lipinski definition) is 1. The van der Waals surface area contributed by atoms with E-state index in [4.69, 9.17) is 4.74 Å². The predicted molar refractivity (Wildman–Crippen MR) is 116 cm³/mol. The summed E-state index contributed by atoms with van der Waals surface area (Å²) < 4.78 is 5.62. The smallest absolute Gasteiger partial charge is 0.0743 e. The number of ether oxygens (including phenoxy) is 1. The third kappa shape index (κ3) is 12.8. The Morgan fingerprint density at radius 2 is 1.70 bits per heavy atom. The molecule has 0 atom stereocenters. The monoisotopic (exact) mass is 406 g/mol. The van der Waals surface area contributed by atoms with Gasteiger partial charge < -0.3 is 17.5 Å². The van der Waals surface area contributed by atoms with Crippen molar-refractivity contribution in [3.63, 3.8) is 0 Å². The molecule has 0 aliphatic carbocycles. The first-order valence-electron chi connectivity index (χ1n) is 10.5. The number of rotatable bonds is 15. The second kappa shape index (κ2) is 19.2. The molecule has 3 heteroatoms. The molecule has 0 aliphatic rings. The van der Waals surface area contributed by atoms with Gasteiger partial charge in [-0.3, -0.25) is 0 Å². The molecule has 0 saturated heterocycles. The minimum absolute atomic E-state index is 0. The number of nitrogens with one attached hydrogen (secondary N) is 1. The quantitative estimate of drug-likeness (QED) is 0.268. The van der Waals surface area contributed by atoms with Gasteiger partial charge in [0, 0.05) is 31.6 Å². The number of hydrogen-bond acceptors (Lipinski definition) is 2. The van der Waals surface area contributed by atoms with Crippen molar-refractivity contribution in [3.8, 4) is 5.75 Å². The van der Waals surface area contributed by atoms with E-state index in [-0.39, 0.29) is 33.3 Å². The Bertz CT molecular complexity index is 446. The average molecular weight is 407 g/mol. The molecular formula is C24H43NOSc-2. The van der Waals surface area contributed by atoms with E-state index >= 15 is 0 Å². The summed E-state index contributed by atoms with van der Waals surface area (Å²) in [5.74, 6) is 1.87. The maximum Gasteiger partial charge on any atom is 0.0743 e. The minimum atomic E-state index is 0. The zero-order valence-electron chi connectivity index (χ0n) is 18.7. The Morgan fingerprint density at radius 1 is 1.00 bits per heavy atom. The van der Waals surface area contributed by atoms with Gasteiger partial charge in [-0.25, -0.2) is 0 Å². The summed E-state index contributed by atoms with van der Waals surface area (Å²) in [5.41, 5.74) is 2.59. The summed E-state index contributed by atoms with van der Waals surface area (Å²) in [6.07, 6.45) is 12.5. The Morgan fingerprint density at radius 3 is 2.33 bits per heavy atom. The molecule has 0 aromatic heterocycles. The predicted octanol–water partition coefficient (Wildman–Crippen LogP) is 6.41. The fourth-order valence-corrected chi connectivity index (χ4v) is 3.28. The second-order valence-corrected chi connectivity index (χ2v) is 7.21. The van der Waals surface area contributed by atoms with Crippen molar-refractivity contribution >= 4 is 0 Å². The molecule has 1 radical (unpaired) electrons. The fraction of sp³-hybridized carbons (Fsp3) is 0.708. The zero-order chi connectivity index (χ0) is 18.3. The Hall–Kier alpha value is -0.150. The number of methoxy groups -OCH3 is 1. The van der Waals surface area contributed by atoms with Crippen LogP contribution in [0.1, 0.15) is 83.3 Å². The number of benzene rings is 1. The summed E-state index contributed by atoms with van der Waals surface area (Å²) in [4.78, 5) is 0. The molecule has 1 aromatic carbocycles. The van der Waals surface area contributed by atoms with Gasteiger partial charge in [-0.1, -0.05) is 72.1 Å². The van der Waals surface area contributed by atoms with Crippen LogP contribution in [0.2, 0.25) is 0 Å². The van der Waals surface area contributed by atoms with E-state index in [9.17, 15) is 0 Å². The van der Waals surface area contributed by atoms with Crippen LogP contribution in [0, 0.1) is 19.4 Å². The standard InChI is InChI=1S/C23H40NO.CH3.Sc/c1-5-8-9-10-11-14-22-16-15-21(18-23(22)25-4)13-12-17-24-19-20(6-2)7-3;;/h16,18,20,24H,5-14,17,19H2,1-4H3;1H3;/q2*-1;. The maximum atomic E-state index is 5.62. The van der Waals surface area contributed by atoms with Gasteiger partial charge in [-0.05, 0) is 31.8 Å². The van der Waals surface area contributed by atoms with E-state index in [1.165, 1.54) is 56.1 Å². The molecule has 0 unspecified atom stereocenters. The molecule has 0 heterocycles. The Labute approximate surface area is 189 Å². The van der Waals surface area contributed by atoms with Gasteiger partial charge in [0.15, 0.2) is 0 Å². The van der Waals surface area contributed by atoms with Crippen molar-refractivity contribution in [2.75, 3.05) is 20.2 Å². The SMILES string of the molecule is CCCCCCCc1c[c-]c(CCCNCC(CC)CC)cc1OC.[CH3-].[Sc]. The van der Waals surface area contributed by atoms with Crippen LogP contribution < -0.4 is 10.1 Å². The number of unbranched alkanes of at least 4 members (excludes halogenated alkanes) is 4. The third-order valence-electron chi connectivity index (χ3n) is 5.21. The minimum Gasteiger partial charge on any atom is -0.522 e. The number of aryl methyl sites for hydroxylation is 2. The first kappa shape index (κ1) is 29.1. The summed E-state index contributed by atoms with van der Waals surface area (Å²) >= 11 is 0. The van der Waals surface area contributed by atoms with Crippen LogP contribution in [0.5, 0.6) is 5.75 Å². The third-order valence-corrected chi connectivity index (χ3v) is 5.21. The van der Waals surface area contributed by atoms with E-state index in [0.29, 0.717) is 0 Å². The molecule has 0 amide bonds. The van der Waals surface area contributed by atoms with Gasteiger partial charge in [0.05, 0.1) is 7.11 Å². The van der Waals surface area contributed by atoms with Crippen molar-refractivity contribution in [2.24, 2.45) is 5.92 Å². The van der Waals surface area contributed by atoms with Crippen LogP contribution in [0.3, 0.4) is 0 Å². The van der Waals surface area contributed by atoms with Gasteiger partial charge in [-0.15, -0.1) is 11.6 Å². The first-order chi connectivity index (χ1) is 12.2. The van der Waals surface area contributed by atoms with Crippen LogP contribution in [-0.4, -0.2) is 20.2 Å². The Kier molecular flexibility index (Phi) is 20.6. The molecule has 0 fully saturated rings. The summed E-state index contributed by atoms with van der Waals surface area (Å²) in [5, 5.41) is 3.60. The summed E-state index contributed by atoms with van der Waals surface area (Å²) in [7, 11) is 1.79. The molecule has 0 aliphatic heterocycles. The van der Waals surface area contributed by atoms with Crippen molar-refractivity contribution in [1.29, 1.82) is 0 Å². The van der Waals surface area contributed by atoms with Gasteiger partial charge in [0.25, 0.3) is 0 Å². The van der Waals surface area contributed by atoms with Crippen molar-refractivity contribution in [1.82, 2.24) is 5.32 Å². The van der Waals surface area contributed by atoms with E-state index in [2.05, 4.69) is 44.3 Å². The largest absolute Gasteiger partial charge is 0.522 e. The molecule has 1 N–H and O–H groups in total. The molecule has 0 saturated carbocycles. The van der Waals surface area contributed by atoms with Crippen molar-refractivity contribution in [2.45, 2.75) is 85.0 Å². The fourth-order valence-electron chi connectivity index (χ4n) is 3.28. The molecule has 155 valence electrons. The van der Waals surface area contributed by atoms with E-state index in [1.807, 2.05) is 0 Å². The van der Waals surface area contributed by atoms with Gasteiger partial charge in [-0.2, -0.15) is 17.7 Å². The molecule has 27 heavy (non-hydrogen) atoms. The zero-order valence-corrected chi connectivity index (χ0v) is 20.5. The first-order valence-corrected chi connectivity index (χ1v) is 10.5. The molecule has 0 bridgehead atoms. The van der Waals surface area contributed by atoms with E-state index < -0.39 is 0 Å². The van der Waals surface area contributed by atoms with Crippen LogP contribution in [0.25, 0.3) is 0 Å².